The third-order valence-corrected chi connectivity index (χ3v) is 2.34. The van der Waals surface area contributed by atoms with Crippen LogP contribution in [0.5, 0.6) is 0 Å². The first-order valence-electron chi connectivity index (χ1n) is 5.08. The van der Waals surface area contributed by atoms with Crippen LogP contribution in [0.2, 0.25) is 0 Å². The highest BCUT2D eigenvalue weighted by atomic mass is 16.5. The molecular weight excluding hydrogens is 192 g/mol. The maximum absolute atomic E-state index is 11.8. The summed E-state index contributed by atoms with van der Waals surface area (Å²) in [7, 11) is 1.84. The van der Waals surface area contributed by atoms with E-state index >= 15 is 0 Å². The van der Waals surface area contributed by atoms with Crippen LogP contribution in [0.25, 0.3) is 0 Å². The van der Waals surface area contributed by atoms with Gasteiger partial charge in [0.05, 0.1) is 17.4 Å². The number of nitrogens with zero attached hydrogens (tertiary/aromatic N) is 2. The summed E-state index contributed by atoms with van der Waals surface area (Å²) in [5.41, 5.74) is 2.36. The number of Topliss-reactive ketones (excluding diaryl/α,β-unsaturated/α-hetero) is 1. The quantitative estimate of drug-likeness (QED) is 0.710. The van der Waals surface area contributed by atoms with Crippen molar-refractivity contribution in [2.24, 2.45) is 7.05 Å². The average Bonchev–Trinajstić information content (AvgIpc) is 2.37. The number of aromatic nitrogens is 2. The topological polar surface area (TPSA) is 44.1 Å². The minimum absolute atomic E-state index is 0.00630. The van der Waals surface area contributed by atoms with Gasteiger partial charge in [-0.1, -0.05) is 0 Å². The maximum Gasteiger partial charge on any atom is 0.192 e. The van der Waals surface area contributed by atoms with Crippen LogP contribution in [0.4, 0.5) is 0 Å². The maximum atomic E-state index is 11.8. The molecule has 0 aliphatic heterocycles. The number of ketones is 1. The molecule has 0 saturated carbocycles. The summed E-state index contributed by atoms with van der Waals surface area (Å²) in [6.45, 7) is 7.69. The van der Waals surface area contributed by atoms with Gasteiger partial charge in [-0.3, -0.25) is 9.48 Å². The van der Waals surface area contributed by atoms with Crippen LogP contribution in [0.1, 0.15) is 35.6 Å². The molecule has 4 nitrogen and oxygen atoms in total. The highest BCUT2D eigenvalue weighted by Gasteiger charge is 2.17. The van der Waals surface area contributed by atoms with Crippen molar-refractivity contribution in [1.82, 2.24) is 9.78 Å². The lowest BCUT2D eigenvalue weighted by molar-refractivity contribution is 0.0583. The number of rotatable bonds is 4. The van der Waals surface area contributed by atoms with E-state index in [4.69, 9.17) is 4.74 Å². The van der Waals surface area contributed by atoms with Crippen LogP contribution in [0.3, 0.4) is 0 Å². The summed E-state index contributed by atoms with van der Waals surface area (Å²) in [4.78, 5) is 11.8. The Morgan fingerprint density at radius 3 is 2.47 bits per heavy atom. The fourth-order valence-corrected chi connectivity index (χ4v) is 1.49. The zero-order valence-corrected chi connectivity index (χ0v) is 10.00. The van der Waals surface area contributed by atoms with Crippen molar-refractivity contribution in [3.8, 4) is 0 Å². The molecule has 15 heavy (non-hydrogen) atoms. The van der Waals surface area contributed by atoms with Crippen LogP contribution in [0.15, 0.2) is 0 Å². The Bertz CT molecular complexity index is 367. The molecule has 0 saturated heterocycles. The summed E-state index contributed by atoms with van der Waals surface area (Å²) in [5.74, 6) is 0.00630. The van der Waals surface area contributed by atoms with Crippen LogP contribution < -0.4 is 0 Å². The SMILES string of the molecule is Cc1nn(C)c(C)c1C(=O)COC(C)C. The summed E-state index contributed by atoms with van der Waals surface area (Å²) < 4.78 is 7.01. The van der Waals surface area contributed by atoms with Gasteiger partial charge in [-0.25, -0.2) is 0 Å². The molecule has 0 aromatic carbocycles. The molecule has 1 aromatic heterocycles. The number of hydrogen-bond donors (Lipinski definition) is 0. The van der Waals surface area contributed by atoms with E-state index in [1.54, 1.807) is 4.68 Å². The van der Waals surface area contributed by atoms with Gasteiger partial charge < -0.3 is 4.74 Å². The molecule has 0 amide bonds. The first kappa shape index (κ1) is 11.9. The zero-order valence-electron chi connectivity index (χ0n) is 10.00. The molecule has 1 rings (SSSR count). The van der Waals surface area contributed by atoms with Gasteiger partial charge in [-0.2, -0.15) is 5.10 Å². The Labute approximate surface area is 90.2 Å². The van der Waals surface area contributed by atoms with Crippen molar-refractivity contribution in [3.63, 3.8) is 0 Å². The zero-order chi connectivity index (χ0) is 11.6. The standard InChI is InChI=1S/C11H18N2O2/c1-7(2)15-6-10(14)11-8(3)12-13(5)9(11)4/h7H,6H2,1-5H3. The molecule has 0 spiro atoms. The lowest BCUT2D eigenvalue weighted by Gasteiger charge is -2.06. The first-order chi connectivity index (χ1) is 6.93. The van der Waals surface area contributed by atoms with E-state index in [-0.39, 0.29) is 18.5 Å². The molecule has 0 aliphatic carbocycles. The second-order valence-electron chi connectivity index (χ2n) is 3.95. The number of hydrogen-bond acceptors (Lipinski definition) is 3. The number of aryl methyl sites for hydroxylation is 2. The van der Waals surface area contributed by atoms with E-state index in [0.29, 0.717) is 5.56 Å². The van der Waals surface area contributed by atoms with E-state index in [0.717, 1.165) is 11.4 Å². The molecule has 1 heterocycles. The molecule has 0 unspecified atom stereocenters. The fourth-order valence-electron chi connectivity index (χ4n) is 1.49. The molecule has 0 N–H and O–H groups in total. The Balaban J connectivity index is 2.82. The minimum Gasteiger partial charge on any atom is -0.371 e. The van der Waals surface area contributed by atoms with E-state index < -0.39 is 0 Å². The largest absolute Gasteiger partial charge is 0.371 e. The van der Waals surface area contributed by atoms with Crippen molar-refractivity contribution in [3.05, 3.63) is 17.0 Å². The second-order valence-corrected chi connectivity index (χ2v) is 3.95. The lowest BCUT2D eigenvalue weighted by atomic mass is 10.1. The van der Waals surface area contributed by atoms with Crippen molar-refractivity contribution in [1.29, 1.82) is 0 Å². The highest BCUT2D eigenvalue weighted by Crippen LogP contribution is 2.12. The second kappa shape index (κ2) is 4.57. The van der Waals surface area contributed by atoms with Crippen molar-refractivity contribution < 1.29 is 9.53 Å². The van der Waals surface area contributed by atoms with Crippen LogP contribution in [-0.4, -0.2) is 28.3 Å². The van der Waals surface area contributed by atoms with Crippen molar-refractivity contribution in [2.45, 2.75) is 33.8 Å². The predicted molar refractivity (Wildman–Crippen MR) is 58.1 cm³/mol. The van der Waals surface area contributed by atoms with E-state index in [9.17, 15) is 4.79 Å². The van der Waals surface area contributed by atoms with Gasteiger partial charge in [0.1, 0.15) is 6.61 Å². The van der Waals surface area contributed by atoms with E-state index in [2.05, 4.69) is 5.10 Å². The molecule has 0 aliphatic rings. The Hall–Kier alpha value is -1.16. The summed E-state index contributed by atoms with van der Waals surface area (Å²) in [6.07, 6.45) is 0.0752. The van der Waals surface area contributed by atoms with Gasteiger partial charge in [0.15, 0.2) is 5.78 Å². The fraction of sp³-hybridized carbons (Fsp3) is 0.636. The van der Waals surface area contributed by atoms with Gasteiger partial charge in [0, 0.05) is 12.7 Å². The van der Waals surface area contributed by atoms with Crippen LogP contribution >= 0.6 is 0 Å². The minimum atomic E-state index is 0.00630. The number of ether oxygens (including phenoxy) is 1. The summed E-state index contributed by atoms with van der Waals surface area (Å²) in [6, 6.07) is 0. The van der Waals surface area contributed by atoms with Gasteiger partial charge in [-0.15, -0.1) is 0 Å². The molecule has 0 bridgehead atoms. The smallest absolute Gasteiger partial charge is 0.192 e. The molecule has 4 heteroatoms. The number of carbonyl (C=O) groups excluding carboxylic acids is 1. The average molecular weight is 210 g/mol. The van der Waals surface area contributed by atoms with Crippen LogP contribution in [-0.2, 0) is 11.8 Å². The van der Waals surface area contributed by atoms with Crippen LogP contribution in [0, 0.1) is 13.8 Å². The number of carbonyl (C=O) groups is 1. The third kappa shape index (κ3) is 2.65. The summed E-state index contributed by atoms with van der Waals surface area (Å²) in [5, 5.41) is 4.20. The van der Waals surface area contributed by atoms with Crippen molar-refractivity contribution >= 4 is 5.78 Å². The normalized spacial score (nSPS) is 11.1. The van der Waals surface area contributed by atoms with E-state index in [1.807, 2.05) is 34.7 Å². The first-order valence-corrected chi connectivity index (χ1v) is 5.08. The van der Waals surface area contributed by atoms with Gasteiger partial charge in [0.2, 0.25) is 0 Å². The molecule has 84 valence electrons. The monoisotopic (exact) mass is 210 g/mol. The highest BCUT2D eigenvalue weighted by molar-refractivity contribution is 5.99. The van der Waals surface area contributed by atoms with Gasteiger partial charge >= 0.3 is 0 Å². The Morgan fingerprint density at radius 1 is 1.47 bits per heavy atom. The van der Waals surface area contributed by atoms with Gasteiger partial charge in [0.25, 0.3) is 0 Å². The molecular formula is C11H18N2O2. The van der Waals surface area contributed by atoms with Crippen molar-refractivity contribution in [2.75, 3.05) is 6.61 Å². The molecule has 0 fully saturated rings. The molecule has 0 atom stereocenters. The third-order valence-electron chi connectivity index (χ3n) is 2.34. The van der Waals surface area contributed by atoms with E-state index in [1.165, 1.54) is 0 Å². The Morgan fingerprint density at radius 2 is 2.07 bits per heavy atom. The Kier molecular flexibility index (Phi) is 3.63. The predicted octanol–water partition coefficient (Wildman–Crippen LogP) is 1.64. The molecule has 0 radical (unpaired) electrons. The lowest BCUT2D eigenvalue weighted by Crippen LogP contribution is -2.14. The summed E-state index contributed by atoms with van der Waals surface area (Å²) >= 11 is 0. The molecule has 1 aromatic rings. The van der Waals surface area contributed by atoms with Gasteiger partial charge in [-0.05, 0) is 27.7 Å².